The van der Waals surface area contributed by atoms with Gasteiger partial charge in [0.2, 0.25) is 0 Å². The maximum Gasteiger partial charge on any atom is 0.262 e. The summed E-state index contributed by atoms with van der Waals surface area (Å²) in [5.41, 5.74) is 1.48. The second kappa shape index (κ2) is 6.81. The van der Waals surface area contributed by atoms with Crippen LogP contribution in [0.2, 0.25) is 0 Å². The van der Waals surface area contributed by atoms with Crippen molar-refractivity contribution in [3.8, 4) is 6.07 Å². The average molecular weight is 264 g/mol. The normalized spacial score (nSPS) is 10.7. The van der Waals surface area contributed by atoms with Crippen LogP contribution in [-0.2, 0) is 11.3 Å². The first-order valence-corrected chi connectivity index (χ1v) is 5.99. The zero-order valence-corrected chi connectivity index (χ0v) is 10.7. The fraction of sp³-hybridized carbons (Fsp3) is 0.0667. The lowest BCUT2D eigenvalue weighted by molar-refractivity contribution is -0.117. The van der Waals surface area contributed by atoms with Gasteiger partial charge < -0.3 is 5.32 Å². The van der Waals surface area contributed by atoms with Gasteiger partial charge in [0, 0.05) is 18.6 Å². The molecule has 0 aliphatic heterocycles. The number of hydrogen-bond acceptors (Lipinski definition) is 4. The summed E-state index contributed by atoms with van der Waals surface area (Å²) in [5.74, 6) is -0.429. The smallest absolute Gasteiger partial charge is 0.262 e. The molecule has 0 aromatic carbocycles. The molecule has 0 aliphatic carbocycles. The number of hydrogen-bond donors (Lipinski definition) is 1. The molecule has 0 radical (unpaired) electrons. The Morgan fingerprint density at radius 1 is 1.30 bits per heavy atom. The van der Waals surface area contributed by atoms with Gasteiger partial charge in [-0.15, -0.1) is 0 Å². The third-order valence-corrected chi connectivity index (χ3v) is 2.52. The van der Waals surface area contributed by atoms with E-state index in [1.165, 1.54) is 6.08 Å². The molecule has 1 amide bonds. The Labute approximate surface area is 116 Å². The molecule has 0 fully saturated rings. The predicted octanol–water partition coefficient (Wildman–Crippen LogP) is 1.70. The summed E-state index contributed by atoms with van der Waals surface area (Å²) in [6, 6.07) is 10.8. The first-order chi connectivity index (χ1) is 9.79. The van der Waals surface area contributed by atoms with Crippen molar-refractivity contribution in [3.05, 3.63) is 65.8 Å². The minimum absolute atomic E-state index is 0.0360. The number of aromatic nitrogens is 2. The third kappa shape index (κ3) is 3.75. The van der Waals surface area contributed by atoms with Gasteiger partial charge in [-0.3, -0.25) is 14.8 Å². The van der Waals surface area contributed by atoms with Crippen LogP contribution in [0.25, 0.3) is 6.08 Å². The summed E-state index contributed by atoms with van der Waals surface area (Å²) in [7, 11) is 0. The van der Waals surface area contributed by atoms with E-state index < -0.39 is 5.91 Å². The van der Waals surface area contributed by atoms with E-state index in [0.29, 0.717) is 5.56 Å². The van der Waals surface area contributed by atoms with Crippen molar-refractivity contribution in [1.82, 2.24) is 15.3 Å². The zero-order valence-electron chi connectivity index (χ0n) is 10.7. The van der Waals surface area contributed by atoms with E-state index in [1.807, 2.05) is 12.1 Å². The minimum Gasteiger partial charge on any atom is -0.346 e. The molecule has 0 bridgehead atoms. The quantitative estimate of drug-likeness (QED) is 0.673. The number of rotatable bonds is 4. The van der Waals surface area contributed by atoms with Crippen molar-refractivity contribution in [2.24, 2.45) is 0 Å². The number of pyridine rings is 2. The van der Waals surface area contributed by atoms with Gasteiger partial charge in [0.1, 0.15) is 11.6 Å². The van der Waals surface area contributed by atoms with Crippen LogP contribution in [0.5, 0.6) is 0 Å². The van der Waals surface area contributed by atoms with Crippen LogP contribution < -0.4 is 5.32 Å². The monoisotopic (exact) mass is 264 g/mol. The highest BCUT2D eigenvalue weighted by Crippen LogP contribution is 2.05. The average Bonchev–Trinajstić information content (AvgIpc) is 2.52. The van der Waals surface area contributed by atoms with Gasteiger partial charge in [0.15, 0.2) is 0 Å². The Morgan fingerprint density at radius 2 is 2.20 bits per heavy atom. The Hall–Kier alpha value is -3.00. The summed E-state index contributed by atoms with van der Waals surface area (Å²) < 4.78 is 0. The fourth-order valence-corrected chi connectivity index (χ4v) is 1.55. The van der Waals surface area contributed by atoms with E-state index in [9.17, 15) is 4.79 Å². The summed E-state index contributed by atoms with van der Waals surface area (Å²) in [6.07, 6.45) is 6.37. The molecule has 0 atom stereocenters. The number of nitrogens with one attached hydrogen (secondary N) is 1. The first kappa shape index (κ1) is 13.4. The molecule has 98 valence electrons. The second-order valence-electron chi connectivity index (χ2n) is 3.96. The molecule has 0 unspecified atom stereocenters. The van der Waals surface area contributed by atoms with Crippen LogP contribution in [0.4, 0.5) is 0 Å². The van der Waals surface area contributed by atoms with Crippen molar-refractivity contribution in [1.29, 1.82) is 5.26 Å². The summed E-state index contributed by atoms with van der Waals surface area (Å²) in [5, 5.41) is 11.7. The van der Waals surface area contributed by atoms with Crippen molar-refractivity contribution >= 4 is 12.0 Å². The molecule has 2 heterocycles. The second-order valence-corrected chi connectivity index (χ2v) is 3.96. The number of carbonyl (C=O) groups is 1. The number of amides is 1. The van der Waals surface area contributed by atoms with Crippen LogP contribution in [0, 0.1) is 11.3 Å². The van der Waals surface area contributed by atoms with Gasteiger partial charge >= 0.3 is 0 Å². The van der Waals surface area contributed by atoms with Crippen molar-refractivity contribution < 1.29 is 4.79 Å². The SMILES string of the molecule is N#C/C(=C\c1cccnc1)C(=O)NCc1ccccn1. The van der Waals surface area contributed by atoms with Crippen LogP contribution >= 0.6 is 0 Å². The van der Waals surface area contributed by atoms with E-state index >= 15 is 0 Å². The Bertz CT molecular complexity index is 645. The topological polar surface area (TPSA) is 78.7 Å². The lowest BCUT2D eigenvalue weighted by Crippen LogP contribution is -2.24. The number of carbonyl (C=O) groups excluding carboxylic acids is 1. The molecule has 2 rings (SSSR count). The van der Waals surface area contributed by atoms with E-state index in [4.69, 9.17) is 5.26 Å². The van der Waals surface area contributed by atoms with Gasteiger partial charge in [-0.25, -0.2) is 0 Å². The first-order valence-electron chi connectivity index (χ1n) is 5.99. The highest BCUT2D eigenvalue weighted by molar-refractivity contribution is 6.01. The Morgan fingerprint density at radius 3 is 2.85 bits per heavy atom. The third-order valence-electron chi connectivity index (χ3n) is 2.52. The van der Waals surface area contributed by atoms with E-state index in [1.54, 1.807) is 42.9 Å². The lowest BCUT2D eigenvalue weighted by Gasteiger charge is -2.03. The van der Waals surface area contributed by atoms with Gasteiger partial charge in [0.25, 0.3) is 5.91 Å². The van der Waals surface area contributed by atoms with Gasteiger partial charge in [-0.05, 0) is 29.8 Å². The van der Waals surface area contributed by atoms with E-state index in [-0.39, 0.29) is 12.1 Å². The van der Waals surface area contributed by atoms with Crippen LogP contribution in [0.3, 0.4) is 0 Å². The highest BCUT2D eigenvalue weighted by Gasteiger charge is 2.08. The van der Waals surface area contributed by atoms with E-state index in [0.717, 1.165) is 5.69 Å². The zero-order chi connectivity index (χ0) is 14.2. The lowest BCUT2D eigenvalue weighted by atomic mass is 10.1. The molecule has 0 aliphatic rings. The molecular weight excluding hydrogens is 252 g/mol. The maximum atomic E-state index is 11.9. The van der Waals surface area contributed by atoms with E-state index in [2.05, 4.69) is 15.3 Å². The molecule has 5 heteroatoms. The Balaban J connectivity index is 2.03. The molecular formula is C15H12N4O. The molecule has 0 spiro atoms. The summed E-state index contributed by atoms with van der Waals surface area (Å²) >= 11 is 0. The van der Waals surface area contributed by atoms with Gasteiger partial charge in [-0.2, -0.15) is 5.26 Å². The molecule has 20 heavy (non-hydrogen) atoms. The molecule has 2 aromatic rings. The maximum absolute atomic E-state index is 11.9. The Kier molecular flexibility index (Phi) is 4.57. The van der Waals surface area contributed by atoms with Crippen LogP contribution in [-0.4, -0.2) is 15.9 Å². The standard InChI is InChI=1S/C15H12N4O/c16-9-13(8-12-4-3-6-17-10-12)15(20)19-11-14-5-1-2-7-18-14/h1-8,10H,11H2,(H,19,20)/b13-8+. The van der Waals surface area contributed by atoms with Crippen molar-refractivity contribution in [2.75, 3.05) is 0 Å². The molecule has 0 saturated heterocycles. The van der Waals surface area contributed by atoms with Crippen LogP contribution in [0.1, 0.15) is 11.3 Å². The summed E-state index contributed by atoms with van der Waals surface area (Å²) in [4.78, 5) is 19.9. The fourth-order valence-electron chi connectivity index (χ4n) is 1.55. The molecule has 1 N–H and O–H groups in total. The van der Waals surface area contributed by atoms with Crippen LogP contribution in [0.15, 0.2) is 54.5 Å². The van der Waals surface area contributed by atoms with Crippen molar-refractivity contribution in [3.63, 3.8) is 0 Å². The summed E-state index contributed by atoms with van der Waals surface area (Å²) in [6.45, 7) is 0.283. The number of nitriles is 1. The largest absolute Gasteiger partial charge is 0.346 e. The molecule has 0 saturated carbocycles. The minimum atomic E-state index is -0.429. The highest BCUT2D eigenvalue weighted by atomic mass is 16.1. The molecule has 2 aromatic heterocycles. The van der Waals surface area contributed by atoms with Gasteiger partial charge in [-0.1, -0.05) is 12.1 Å². The molecule has 5 nitrogen and oxygen atoms in total. The van der Waals surface area contributed by atoms with Gasteiger partial charge in [0.05, 0.1) is 12.2 Å². The number of nitrogens with zero attached hydrogens (tertiary/aromatic N) is 3. The van der Waals surface area contributed by atoms with Crippen molar-refractivity contribution in [2.45, 2.75) is 6.54 Å². The predicted molar refractivity (Wildman–Crippen MR) is 73.9 cm³/mol.